The van der Waals surface area contributed by atoms with Crippen LogP contribution in [0.3, 0.4) is 0 Å². The van der Waals surface area contributed by atoms with Gasteiger partial charge in [0.2, 0.25) is 5.91 Å². The summed E-state index contributed by atoms with van der Waals surface area (Å²) in [7, 11) is 0. The van der Waals surface area contributed by atoms with E-state index in [9.17, 15) is 4.79 Å². The largest absolute Gasteiger partial charge is 0.338 e. The minimum atomic E-state index is -0.320. The fourth-order valence-electron chi connectivity index (χ4n) is 1.65. The first-order valence-corrected chi connectivity index (χ1v) is 5.24. The second kappa shape index (κ2) is 3.29. The molecule has 0 radical (unpaired) electrons. The second-order valence-electron chi connectivity index (χ2n) is 4.45. The fourth-order valence-corrected chi connectivity index (χ4v) is 1.65. The lowest BCUT2D eigenvalue weighted by molar-refractivity contribution is -0.133. The van der Waals surface area contributed by atoms with Gasteiger partial charge in [-0.2, -0.15) is 0 Å². The molecule has 2 saturated carbocycles. The highest BCUT2D eigenvalue weighted by Gasteiger charge is 2.37. The highest BCUT2D eigenvalue weighted by molar-refractivity contribution is 5.81. The molecule has 0 aromatic rings. The van der Waals surface area contributed by atoms with Gasteiger partial charge >= 0.3 is 0 Å². The Labute approximate surface area is 79.3 Å². The van der Waals surface area contributed by atoms with Crippen LogP contribution in [0.5, 0.6) is 0 Å². The molecule has 3 nitrogen and oxygen atoms in total. The molecule has 74 valence electrons. The number of hydrogen-bond acceptors (Lipinski definition) is 2. The van der Waals surface area contributed by atoms with Crippen LogP contribution in [0, 0.1) is 5.92 Å². The van der Waals surface area contributed by atoms with Crippen molar-refractivity contribution in [3.63, 3.8) is 0 Å². The van der Waals surface area contributed by atoms with E-state index < -0.39 is 0 Å². The molecule has 2 aliphatic rings. The van der Waals surface area contributed by atoms with Gasteiger partial charge in [-0.25, -0.2) is 0 Å². The third-order valence-corrected chi connectivity index (χ3v) is 2.81. The van der Waals surface area contributed by atoms with Crippen molar-refractivity contribution in [3.05, 3.63) is 0 Å². The quantitative estimate of drug-likeness (QED) is 0.697. The summed E-state index contributed by atoms with van der Waals surface area (Å²) in [4.78, 5) is 13.7. The van der Waals surface area contributed by atoms with Gasteiger partial charge in [-0.05, 0) is 38.5 Å². The van der Waals surface area contributed by atoms with Crippen LogP contribution in [0.25, 0.3) is 0 Å². The minimum absolute atomic E-state index is 0.148. The maximum atomic E-state index is 11.7. The Morgan fingerprint density at radius 2 is 2.08 bits per heavy atom. The normalized spacial score (nSPS) is 24.2. The predicted octanol–water partition coefficient (Wildman–Crippen LogP) is 0.735. The number of amides is 1. The van der Waals surface area contributed by atoms with Crippen molar-refractivity contribution in [3.8, 4) is 0 Å². The average molecular weight is 182 g/mol. The number of nitrogens with two attached hydrogens (primary N) is 1. The topological polar surface area (TPSA) is 46.3 Å². The molecule has 2 rings (SSSR count). The summed E-state index contributed by atoms with van der Waals surface area (Å²) in [6.07, 6.45) is 4.97. The highest BCUT2D eigenvalue weighted by atomic mass is 16.2. The van der Waals surface area contributed by atoms with Crippen LogP contribution in [0.1, 0.15) is 32.6 Å². The van der Waals surface area contributed by atoms with Crippen LogP contribution in [0.2, 0.25) is 0 Å². The van der Waals surface area contributed by atoms with E-state index in [-0.39, 0.29) is 11.9 Å². The van der Waals surface area contributed by atoms with Gasteiger partial charge in [0, 0.05) is 12.6 Å². The second-order valence-corrected chi connectivity index (χ2v) is 4.45. The van der Waals surface area contributed by atoms with Crippen molar-refractivity contribution in [2.24, 2.45) is 11.7 Å². The summed E-state index contributed by atoms with van der Waals surface area (Å²) >= 11 is 0. The molecule has 2 N–H and O–H groups in total. The molecule has 13 heavy (non-hydrogen) atoms. The van der Waals surface area contributed by atoms with Crippen molar-refractivity contribution >= 4 is 5.91 Å². The summed E-state index contributed by atoms with van der Waals surface area (Å²) in [5.41, 5.74) is 5.61. The van der Waals surface area contributed by atoms with Gasteiger partial charge < -0.3 is 10.6 Å². The molecule has 2 aliphatic carbocycles. The molecule has 1 atom stereocenters. The molecule has 0 heterocycles. The lowest BCUT2D eigenvalue weighted by atomic mass is 10.2. The van der Waals surface area contributed by atoms with E-state index in [0.717, 1.165) is 12.5 Å². The lowest BCUT2D eigenvalue weighted by Crippen LogP contribution is -2.44. The molecule has 0 aromatic carbocycles. The Bertz CT molecular complexity index is 207. The van der Waals surface area contributed by atoms with Crippen LogP contribution in [-0.4, -0.2) is 29.4 Å². The molecule has 0 spiro atoms. The summed E-state index contributed by atoms with van der Waals surface area (Å²) < 4.78 is 0. The molecule has 1 amide bonds. The Morgan fingerprint density at radius 3 is 2.46 bits per heavy atom. The van der Waals surface area contributed by atoms with Gasteiger partial charge in [-0.1, -0.05) is 0 Å². The first-order chi connectivity index (χ1) is 6.18. The molecular formula is C10H18N2O. The summed E-state index contributed by atoms with van der Waals surface area (Å²) in [5.74, 6) is 0.928. The molecular weight excluding hydrogens is 164 g/mol. The van der Waals surface area contributed by atoms with E-state index in [2.05, 4.69) is 0 Å². The number of hydrogen-bond donors (Lipinski definition) is 1. The molecule has 0 saturated heterocycles. The first-order valence-electron chi connectivity index (χ1n) is 5.24. The highest BCUT2D eigenvalue weighted by Crippen LogP contribution is 2.34. The fraction of sp³-hybridized carbons (Fsp3) is 0.900. The zero-order chi connectivity index (χ0) is 9.42. The van der Waals surface area contributed by atoms with Crippen molar-refractivity contribution in [1.82, 2.24) is 4.90 Å². The van der Waals surface area contributed by atoms with Crippen molar-refractivity contribution < 1.29 is 4.79 Å². The maximum absolute atomic E-state index is 11.7. The molecule has 2 fully saturated rings. The van der Waals surface area contributed by atoms with E-state index in [0.29, 0.717) is 6.04 Å². The van der Waals surface area contributed by atoms with Gasteiger partial charge in [0.15, 0.2) is 0 Å². The van der Waals surface area contributed by atoms with Gasteiger partial charge in [-0.3, -0.25) is 4.79 Å². The lowest BCUT2D eigenvalue weighted by Gasteiger charge is -2.24. The molecule has 0 aromatic heterocycles. The average Bonchev–Trinajstić information content (AvgIpc) is 2.90. The van der Waals surface area contributed by atoms with Crippen LogP contribution in [0.15, 0.2) is 0 Å². The molecule has 1 unspecified atom stereocenters. The zero-order valence-electron chi connectivity index (χ0n) is 8.20. The summed E-state index contributed by atoms with van der Waals surface area (Å²) in [6.45, 7) is 2.75. The first kappa shape index (κ1) is 9.00. The monoisotopic (exact) mass is 182 g/mol. The standard InChI is InChI=1S/C10H18N2O/c1-7(11)10(13)12(9-4-5-9)6-8-2-3-8/h7-9H,2-6,11H2,1H3. The van der Waals surface area contributed by atoms with E-state index >= 15 is 0 Å². The third kappa shape index (κ3) is 2.21. The van der Waals surface area contributed by atoms with Crippen LogP contribution < -0.4 is 5.73 Å². The van der Waals surface area contributed by atoms with E-state index in [1.807, 2.05) is 4.90 Å². The smallest absolute Gasteiger partial charge is 0.239 e. The van der Waals surface area contributed by atoms with Crippen LogP contribution in [0.4, 0.5) is 0 Å². The van der Waals surface area contributed by atoms with Gasteiger partial charge in [0.05, 0.1) is 6.04 Å². The number of carbonyl (C=O) groups is 1. The van der Waals surface area contributed by atoms with Gasteiger partial charge in [-0.15, -0.1) is 0 Å². The van der Waals surface area contributed by atoms with E-state index in [1.54, 1.807) is 6.92 Å². The maximum Gasteiger partial charge on any atom is 0.239 e. The van der Waals surface area contributed by atoms with Gasteiger partial charge in [0.25, 0.3) is 0 Å². The Balaban J connectivity index is 1.90. The Kier molecular flexibility index (Phi) is 2.28. The number of carbonyl (C=O) groups excluding carboxylic acids is 1. The predicted molar refractivity (Wildman–Crippen MR) is 51.1 cm³/mol. The van der Waals surface area contributed by atoms with Gasteiger partial charge in [0.1, 0.15) is 0 Å². The van der Waals surface area contributed by atoms with Crippen LogP contribution in [-0.2, 0) is 4.79 Å². The zero-order valence-corrected chi connectivity index (χ0v) is 8.20. The summed E-state index contributed by atoms with van der Waals surface area (Å²) in [5, 5.41) is 0. The number of rotatable bonds is 4. The number of nitrogens with zero attached hydrogens (tertiary/aromatic N) is 1. The van der Waals surface area contributed by atoms with E-state index in [4.69, 9.17) is 5.73 Å². The van der Waals surface area contributed by atoms with Crippen molar-refractivity contribution in [2.45, 2.75) is 44.7 Å². The SMILES string of the molecule is CC(N)C(=O)N(CC1CC1)C1CC1. The summed E-state index contributed by atoms with van der Waals surface area (Å²) in [6, 6.07) is 0.207. The third-order valence-electron chi connectivity index (χ3n) is 2.81. The molecule has 0 aliphatic heterocycles. The Morgan fingerprint density at radius 1 is 1.46 bits per heavy atom. The minimum Gasteiger partial charge on any atom is -0.338 e. The Hall–Kier alpha value is -0.570. The van der Waals surface area contributed by atoms with E-state index in [1.165, 1.54) is 25.7 Å². The van der Waals surface area contributed by atoms with Crippen LogP contribution >= 0.6 is 0 Å². The van der Waals surface area contributed by atoms with Crippen molar-refractivity contribution in [1.29, 1.82) is 0 Å². The molecule has 3 heteroatoms. The van der Waals surface area contributed by atoms with Crippen molar-refractivity contribution in [2.75, 3.05) is 6.54 Å². The molecule has 0 bridgehead atoms.